The number of benzene rings is 1. The van der Waals surface area contributed by atoms with E-state index in [0.29, 0.717) is 36.7 Å². The summed E-state index contributed by atoms with van der Waals surface area (Å²) in [6.45, 7) is 1.80. The van der Waals surface area contributed by atoms with E-state index in [9.17, 15) is 9.00 Å². The van der Waals surface area contributed by atoms with Gasteiger partial charge in [0.05, 0.1) is 22.7 Å². The molecule has 3 aromatic rings. The number of amides is 1. The summed E-state index contributed by atoms with van der Waals surface area (Å²) in [5.41, 5.74) is 3.28. The van der Waals surface area contributed by atoms with Gasteiger partial charge in [0.25, 0.3) is 5.91 Å². The number of hydrogen-bond donors (Lipinski definition) is 2. The Labute approximate surface area is 164 Å². The van der Waals surface area contributed by atoms with Crippen LogP contribution >= 0.6 is 11.3 Å². The van der Waals surface area contributed by atoms with Crippen molar-refractivity contribution in [3.63, 3.8) is 0 Å². The van der Waals surface area contributed by atoms with Crippen molar-refractivity contribution < 1.29 is 9.00 Å². The first kappa shape index (κ1) is 17.9. The lowest BCUT2D eigenvalue weighted by molar-refractivity contribution is 0.0951. The number of carbonyl (C=O) groups is 1. The molecule has 2 N–H and O–H groups in total. The number of nitrogens with one attached hydrogen (secondary N) is 2. The van der Waals surface area contributed by atoms with E-state index in [-0.39, 0.29) is 5.91 Å². The Hall–Kier alpha value is -2.45. The fraction of sp³-hybridized carbons (Fsp3) is 0.263. The van der Waals surface area contributed by atoms with Crippen molar-refractivity contribution in [3.05, 3.63) is 59.1 Å². The molecular weight excluding hydrogens is 380 g/mol. The molecule has 0 aliphatic carbocycles. The van der Waals surface area contributed by atoms with Gasteiger partial charge in [-0.05, 0) is 29.6 Å². The van der Waals surface area contributed by atoms with E-state index >= 15 is 0 Å². The van der Waals surface area contributed by atoms with Gasteiger partial charge in [0.1, 0.15) is 5.69 Å². The minimum absolute atomic E-state index is 0.121. The van der Waals surface area contributed by atoms with Crippen molar-refractivity contribution in [2.45, 2.75) is 6.54 Å². The summed E-state index contributed by atoms with van der Waals surface area (Å²) in [6, 6.07) is 13.5. The highest BCUT2D eigenvalue weighted by molar-refractivity contribution is 7.85. The van der Waals surface area contributed by atoms with E-state index in [2.05, 4.69) is 20.4 Å². The third-order valence-corrected chi connectivity index (χ3v) is 6.68. The largest absolute Gasteiger partial charge is 0.369 e. The van der Waals surface area contributed by atoms with Gasteiger partial charge in [-0.15, -0.1) is 11.3 Å². The van der Waals surface area contributed by atoms with E-state index in [1.165, 1.54) is 0 Å². The van der Waals surface area contributed by atoms with Crippen molar-refractivity contribution in [2.75, 3.05) is 29.5 Å². The van der Waals surface area contributed by atoms with Crippen LogP contribution in [0.3, 0.4) is 0 Å². The predicted octanol–water partition coefficient (Wildman–Crippen LogP) is 2.64. The average molecular weight is 401 g/mol. The molecule has 4 rings (SSSR count). The molecule has 0 saturated carbocycles. The number of rotatable bonds is 5. The molecule has 27 heavy (non-hydrogen) atoms. The Morgan fingerprint density at radius 3 is 2.81 bits per heavy atom. The fourth-order valence-corrected chi connectivity index (χ4v) is 4.83. The van der Waals surface area contributed by atoms with Crippen molar-refractivity contribution in [2.24, 2.45) is 0 Å². The molecule has 0 unspecified atom stereocenters. The Balaban J connectivity index is 1.44. The molecule has 2 aromatic heterocycles. The van der Waals surface area contributed by atoms with Gasteiger partial charge in [0, 0.05) is 41.1 Å². The predicted molar refractivity (Wildman–Crippen MR) is 110 cm³/mol. The van der Waals surface area contributed by atoms with Crippen LogP contribution in [0.25, 0.3) is 10.6 Å². The molecule has 0 atom stereocenters. The van der Waals surface area contributed by atoms with Crippen LogP contribution in [-0.4, -0.2) is 44.9 Å². The fourth-order valence-electron chi connectivity index (χ4n) is 3.09. The molecule has 6 nitrogen and oxygen atoms in total. The second-order valence-electron chi connectivity index (χ2n) is 6.29. The van der Waals surface area contributed by atoms with Crippen LogP contribution in [0.1, 0.15) is 16.1 Å². The number of nitrogens with zero attached hydrogens (tertiary/aromatic N) is 2. The smallest absolute Gasteiger partial charge is 0.253 e. The molecule has 0 radical (unpaired) electrons. The van der Waals surface area contributed by atoms with Crippen molar-refractivity contribution in [1.29, 1.82) is 0 Å². The van der Waals surface area contributed by atoms with Gasteiger partial charge in [-0.25, -0.2) is 0 Å². The minimum atomic E-state index is -0.743. The van der Waals surface area contributed by atoms with Crippen LogP contribution in [0.5, 0.6) is 0 Å². The Bertz CT molecular complexity index is 942. The summed E-state index contributed by atoms with van der Waals surface area (Å²) in [7, 11) is -0.743. The standard InChI is InChI=1S/C19H20N4O2S2/c24-19(20-13-14-12-16(22-21-14)18-6-3-9-26-18)15-4-1-2-5-17(15)23-7-10-27(25)11-8-23/h1-6,9,12H,7-8,10-11,13H2,(H,20,24)(H,21,22). The maximum absolute atomic E-state index is 12.8. The first-order chi connectivity index (χ1) is 13.2. The number of H-pyrrole nitrogens is 1. The van der Waals surface area contributed by atoms with Gasteiger partial charge < -0.3 is 10.2 Å². The molecule has 1 aliphatic rings. The maximum atomic E-state index is 12.8. The highest BCUT2D eigenvalue weighted by Gasteiger charge is 2.20. The van der Waals surface area contributed by atoms with E-state index in [1.807, 2.05) is 47.8 Å². The quantitative estimate of drug-likeness (QED) is 0.690. The zero-order valence-electron chi connectivity index (χ0n) is 14.7. The van der Waals surface area contributed by atoms with Gasteiger partial charge in [0.15, 0.2) is 0 Å². The third-order valence-electron chi connectivity index (χ3n) is 4.51. The van der Waals surface area contributed by atoms with Crippen LogP contribution in [0.2, 0.25) is 0 Å². The molecule has 1 amide bonds. The number of thiophene rings is 1. The molecular formula is C19H20N4O2S2. The van der Waals surface area contributed by atoms with Gasteiger partial charge in [0.2, 0.25) is 0 Å². The van der Waals surface area contributed by atoms with Gasteiger partial charge in [-0.2, -0.15) is 5.10 Å². The summed E-state index contributed by atoms with van der Waals surface area (Å²) < 4.78 is 11.6. The van der Waals surface area contributed by atoms with E-state index in [0.717, 1.165) is 22.0 Å². The summed E-state index contributed by atoms with van der Waals surface area (Å²) in [6.07, 6.45) is 0. The van der Waals surface area contributed by atoms with Crippen LogP contribution < -0.4 is 10.2 Å². The van der Waals surface area contributed by atoms with Crippen molar-refractivity contribution >= 4 is 33.7 Å². The van der Waals surface area contributed by atoms with Crippen LogP contribution in [0, 0.1) is 0 Å². The van der Waals surface area contributed by atoms with Gasteiger partial charge in [-0.3, -0.25) is 14.1 Å². The first-order valence-corrected chi connectivity index (χ1v) is 11.1. The van der Waals surface area contributed by atoms with E-state index < -0.39 is 10.8 Å². The lowest BCUT2D eigenvalue weighted by atomic mass is 10.1. The molecule has 3 heterocycles. The summed E-state index contributed by atoms with van der Waals surface area (Å²) in [5.74, 6) is 1.18. The molecule has 8 heteroatoms. The Kier molecular flexibility index (Phi) is 5.35. The normalized spacial score (nSPS) is 15.0. The minimum Gasteiger partial charge on any atom is -0.369 e. The topological polar surface area (TPSA) is 78.1 Å². The molecule has 1 saturated heterocycles. The number of carbonyl (C=O) groups excluding carboxylic acids is 1. The van der Waals surface area contributed by atoms with Crippen LogP contribution in [0.4, 0.5) is 5.69 Å². The van der Waals surface area contributed by atoms with Gasteiger partial charge >= 0.3 is 0 Å². The van der Waals surface area contributed by atoms with E-state index in [1.54, 1.807) is 11.3 Å². The zero-order valence-corrected chi connectivity index (χ0v) is 16.3. The molecule has 0 spiro atoms. The summed E-state index contributed by atoms with van der Waals surface area (Å²) in [4.78, 5) is 16.0. The number of aromatic amines is 1. The zero-order chi connectivity index (χ0) is 18.6. The SMILES string of the molecule is O=C(NCc1cc(-c2cccs2)n[nH]1)c1ccccc1N1CCS(=O)CC1. The summed E-state index contributed by atoms with van der Waals surface area (Å²) >= 11 is 1.63. The van der Waals surface area contributed by atoms with Crippen molar-refractivity contribution in [3.8, 4) is 10.6 Å². The molecule has 1 aromatic carbocycles. The molecule has 1 fully saturated rings. The van der Waals surface area contributed by atoms with Crippen LogP contribution in [-0.2, 0) is 17.3 Å². The monoisotopic (exact) mass is 400 g/mol. The summed E-state index contributed by atoms with van der Waals surface area (Å²) in [5, 5.41) is 12.3. The van der Waals surface area contributed by atoms with Crippen LogP contribution in [0.15, 0.2) is 47.8 Å². The molecule has 0 bridgehead atoms. The lowest BCUT2D eigenvalue weighted by Gasteiger charge is -2.29. The van der Waals surface area contributed by atoms with E-state index in [4.69, 9.17) is 0 Å². The highest BCUT2D eigenvalue weighted by Crippen LogP contribution is 2.24. The third kappa shape index (κ3) is 4.12. The number of para-hydroxylation sites is 1. The van der Waals surface area contributed by atoms with Crippen molar-refractivity contribution in [1.82, 2.24) is 15.5 Å². The second kappa shape index (κ2) is 8.06. The Morgan fingerprint density at radius 2 is 2.04 bits per heavy atom. The lowest BCUT2D eigenvalue weighted by Crippen LogP contribution is -2.39. The second-order valence-corrected chi connectivity index (χ2v) is 8.93. The highest BCUT2D eigenvalue weighted by atomic mass is 32.2. The van der Waals surface area contributed by atoms with Gasteiger partial charge in [-0.1, -0.05) is 18.2 Å². The molecule has 1 aliphatic heterocycles. The number of hydrogen-bond acceptors (Lipinski definition) is 5. The molecule has 140 valence electrons. The Morgan fingerprint density at radius 1 is 1.22 bits per heavy atom. The first-order valence-electron chi connectivity index (χ1n) is 8.76. The maximum Gasteiger partial charge on any atom is 0.253 e. The number of anilines is 1. The average Bonchev–Trinajstić information content (AvgIpc) is 3.38. The number of aromatic nitrogens is 2.